The van der Waals surface area contributed by atoms with Crippen molar-refractivity contribution in [1.82, 2.24) is 80.8 Å². The lowest BCUT2D eigenvalue weighted by Crippen LogP contribution is -2.20. The van der Waals surface area contributed by atoms with E-state index in [4.69, 9.17) is 17.3 Å². The van der Waals surface area contributed by atoms with Crippen LogP contribution in [0.3, 0.4) is 0 Å². The molecule has 10 aromatic heterocycles. The Kier molecular flexibility index (Phi) is 21.3. The van der Waals surface area contributed by atoms with Crippen molar-refractivity contribution in [3.8, 4) is 21.4 Å². The first-order valence-electron chi connectivity index (χ1n) is 21.6. The highest BCUT2D eigenvalue weighted by Crippen LogP contribution is 2.36. The Morgan fingerprint density at radius 1 is 0.506 bits per heavy atom. The molecule has 3 N–H and O–H groups in total. The highest BCUT2D eigenvalue weighted by Gasteiger charge is 2.40. The Balaban J connectivity index is 0.000000210. The number of thiophene rings is 2. The topological polar surface area (TPSA) is 274 Å². The molecule has 0 aliphatic heterocycles. The Bertz CT molecular complexity index is 3550. The molecule has 0 aliphatic carbocycles. The number of nitrogens with one attached hydrogen (secondary N) is 1. The van der Waals surface area contributed by atoms with E-state index in [1.165, 1.54) is 71.7 Å². The zero-order valence-electron chi connectivity index (χ0n) is 40.1. The largest absolute Gasteiger partial charge is 0.471 e. The third kappa shape index (κ3) is 19.8. The van der Waals surface area contributed by atoms with Crippen molar-refractivity contribution in [1.29, 1.82) is 0 Å². The third-order valence-electron chi connectivity index (χ3n) is 8.87. The molecule has 21 nitrogen and oxygen atoms in total. The maximum atomic E-state index is 12.8. The van der Waals surface area contributed by atoms with Gasteiger partial charge < -0.3 is 25.0 Å². The second kappa shape index (κ2) is 27.8. The van der Waals surface area contributed by atoms with Crippen LogP contribution in [0.25, 0.3) is 21.4 Å². The van der Waals surface area contributed by atoms with Gasteiger partial charge in [-0.2, -0.15) is 75.8 Å². The van der Waals surface area contributed by atoms with Crippen LogP contribution < -0.4 is 16.0 Å². The summed E-state index contributed by atoms with van der Waals surface area (Å²) in [5.74, 6) is -1.73. The number of nitrogens with zero attached hydrogens (tertiary/aromatic N) is 17. The van der Waals surface area contributed by atoms with Gasteiger partial charge in [0.1, 0.15) is 11.6 Å². The van der Waals surface area contributed by atoms with Crippen molar-refractivity contribution in [2.45, 2.75) is 42.8 Å². The predicted octanol–water partition coefficient (Wildman–Crippen LogP) is 12.9. The second-order valence-electron chi connectivity index (χ2n) is 14.8. The molecule has 0 fully saturated rings. The number of hydrogen-bond acceptors (Lipinski definition) is 23. The number of nitrogens with two attached hydrogens (primary N) is 1. The number of nitrogen functional groups attached to an aromatic ring is 1. The molecule has 10 aromatic rings. The monoisotopic (exact) mass is 1310 g/mol. The maximum Gasteiger partial charge on any atom is 0.471 e. The molecule has 40 heteroatoms. The van der Waals surface area contributed by atoms with E-state index in [1.54, 1.807) is 30.6 Å². The van der Waals surface area contributed by atoms with Gasteiger partial charge in [0.2, 0.25) is 11.6 Å². The van der Waals surface area contributed by atoms with Crippen LogP contribution in [0.15, 0.2) is 125 Å². The smallest absolute Gasteiger partial charge is 0.382 e. The number of alkyl halides is 16. The average molecular weight is 1310 g/mol. The van der Waals surface area contributed by atoms with Gasteiger partial charge in [-0.1, -0.05) is 37.8 Å². The van der Waals surface area contributed by atoms with Gasteiger partial charge in [-0.3, -0.25) is 15.0 Å². The molecule has 0 aromatic carbocycles. The molecule has 0 aliphatic rings. The van der Waals surface area contributed by atoms with E-state index in [0.29, 0.717) is 31.6 Å². The minimum atomic E-state index is -4.77. The molecule has 0 saturated heterocycles. The summed E-state index contributed by atoms with van der Waals surface area (Å²) in [4.78, 5) is 33.6. The van der Waals surface area contributed by atoms with E-state index in [-0.39, 0.29) is 42.2 Å². The minimum absolute atomic E-state index is 0. The Morgan fingerprint density at radius 2 is 1.00 bits per heavy atom. The molecular weight excluding hydrogens is 1280 g/mol. The zero-order valence-corrected chi connectivity index (χ0v) is 44.1. The van der Waals surface area contributed by atoms with Gasteiger partial charge in [-0.15, -0.1) is 53.3 Å². The van der Waals surface area contributed by atoms with Crippen LogP contribution >= 0.6 is 50.2 Å². The van der Waals surface area contributed by atoms with Gasteiger partial charge in [-0.25, -0.2) is 15.0 Å². The molecule has 10 heterocycles. The summed E-state index contributed by atoms with van der Waals surface area (Å²) in [6.45, 7) is 0.0629. The summed E-state index contributed by atoms with van der Waals surface area (Å²) in [5.41, 5.74) is 1.95. The van der Waals surface area contributed by atoms with Crippen molar-refractivity contribution in [2.24, 2.45) is 0 Å². The summed E-state index contributed by atoms with van der Waals surface area (Å²) in [7, 11) is 0. The zero-order chi connectivity index (χ0) is 60.6. The van der Waals surface area contributed by atoms with Crippen LogP contribution in [0, 0.1) is 0 Å². The summed E-state index contributed by atoms with van der Waals surface area (Å²) < 4.78 is 193. The lowest BCUT2D eigenvalue weighted by Gasteiger charge is -2.21. The molecule has 10 rings (SSSR count). The fourth-order valence-electron chi connectivity index (χ4n) is 5.34. The number of halogens is 17. The molecule has 0 amide bonds. The summed E-state index contributed by atoms with van der Waals surface area (Å²) in [5, 5.41) is 29.1. The Morgan fingerprint density at radius 3 is 1.39 bits per heavy atom. The number of anilines is 5. The summed E-state index contributed by atoms with van der Waals surface area (Å²) in [6, 6.07) is 12.3. The molecule has 438 valence electrons. The van der Waals surface area contributed by atoms with Crippen molar-refractivity contribution < 1.29 is 76.3 Å². The quantitative estimate of drug-likeness (QED) is 0.100. The molecule has 83 heavy (non-hydrogen) atoms. The minimum Gasteiger partial charge on any atom is -0.382 e. The molecular formula is C43H28BrClF15N19O2S2. The van der Waals surface area contributed by atoms with Crippen LogP contribution in [0.4, 0.5) is 94.9 Å². The van der Waals surface area contributed by atoms with Crippen molar-refractivity contribution in [3.05, 3.63) is 160 Å². The number of rotatable bonds is 9. The third-order valence-corrected chi connectivity index (χ3v) is 12.2. The Hall–Kier alpha value is -8.72. The second-order valence-corrected chi connectivity index (χ2v) is 18.1. The molecule has 0 bridgehead atoms. The van der Waals surface area contributed by atoms with Crippen LogP contribution in [0.1, 0.15) is 40.0 Å². The van der Waals surface area contributed by atoms with E-state index in [9.17, 15) is 65.9 Å². The molecule has 0 unspecified atom stereocenters. The fraction of sp³-hybridized carbons (Fsp3) is 0.163. The SMILES string of the molecule is FC(F)(F)c1ccc(Cl)nn1.FC(F)(F)c1ccc(N(Cc2ccc(-c3noc(C(F)(F)F)n3)s2)c2cnccn2)nn1.FC(F)(F)c1ccc(Nc2cnccn2)nn1.FC(F)(F)c1nc(-c2ccc(CBr)s2)no1.Nc1cnccn1.[2HH]. The van der Waals surface area contributed by atoms with E-state index in [2.05, 4.69) is 111 Å². The number of hydrogen-bond donors (Lipinski definition) is 2. The molecule has 0 saturated carbocycles. The molecule has 0 spiro atoms. The van der Waals surface area contributed by atoms with Gasteiger partial charge >= 0.3 is 42.7 Å². The standard InChI is InChI=1S/C17H9F6N7OS.C9H6F3N5.C8H4BrF3N2OS.C5H2ClF3N2.C4H5N3.H2/c18-16(19,20)11-3-4-12(28-27-11)30(13-7-24-5-6-25-13)8-9-1-2-10(32-9)14-26-15(31-29-14)17(21,22)23;10-9(11,12)6-1-2-7(17-16-6)15-8-5-13-3-4-14-8;9-3-4-1-2-5(16-4)6-13-7(15-14-6)8(10,11)12;6-4-2-1-3(10-11-4)5(7,8)9;5-4-3-6-1-2-7-4;/h1-7H,8H2;1-5H,(H,14,15,17);1-2H,3H2;1-2H;1-3H,(H2,5,7);1H/i;;;;;1+1. The predicted molar refractivity (Wildman–Crippen MR) is 266 cm³/mol. The molecule has 0 atom stereocenters. The van der Waals surface area contributed by atoms with Crippen molar-refractivity contribution in [3.63, 3.8) is 0 Å². The maximum absolute atomic E-state index is 12.8. The van der Waals surface area contributed by atoms with Gasteiger partial charge in [0.05, 0.1) is 34.9 Å². The highest BCUT2D eigenvalue weighted by atomic mass is 79.9. The van der Waals surface area contributed by atoms with E-state index < -0.39 is 59.7 Å². The summed E-state index contributed by atoms with van der Waals surface area (Å²) >= 11 is 10.8. The number of aromatic nitrogens is 16. The first-order chi connectivity index (χ1) is 39.1. The van der Waals surface area contributed by atoms with Crippen molar-refractivity contribution >= 4 is 79.3 Å². The lowest BCUT2D eigenvalue weighted by molar-refractivity contribution is -0.160. The van der Waals surface area contributed by atoms with Gasteiger partial charge in [0.25, 0.3) is 0 Å². The van der Waals surface area contributed by atoms with Gasteiger partial charge in [0.15, 0.2) is 39.7 Å². The normalized spacial score (nSPS) is 11.6. The van der Waals surface area contributed by atoms with Gasteiger partial charge in [-0.05, 0) is 60.7 Å². The van der Waals surface area contributed by atoms with E-state index in [1.807, 2.05) is 0 Å². The van der Waals surface area contributed by atoms with Crippen LogP contribution in [-0.4, -0.2) is 80.8 Å². The average Bonchev–Trinajstić information content (AvgIpc) is 4.48. The van der Waals surface area contributed by atoms with Crippen LogP contribution in [0.5, 0.6) is 0 Å². The molecule has 0 radical (unpaired) electrons. The van der Waals surface area contributed by atoms with Crippen molar-refractivity contribution in [2.75, 3.05) is 16.0 Å². The first-order valence-corrected chi connectivity index (χ1v) is 24.7. The van der Waals surface area contributed by atoms with Crippen LogP contribution in [0.2, 0.25) is 5.15 Å². The fourth-order valence-corrected chi connectivity index (χ4v) is 7.68. The lowest BCUT2D eigenvalue weighted by atomic mass is 10.3. The van der Waals surface area contributed by atoms with E-state index >= 15 is 0 Å². The van der Waals surface area contributed by atoms with Crippen LogP contribution in [-0.2, 0) is 42.8 Å². The van der Waals surface area contributed by atoms with Gasteiger partial charge in [0, 0.05) is 53.7 Å². The Labute approximate surface area is 475 Å². The summed E-state index contributed by atoms with van der Waals surface area (Å²) in [6.07, 6.45) is -9.80. The highest BCUT2D eigenvalue weighted by molar-refractivity contribution is 9.08. The first kappa shape index (κ1) is 63.5. The van der Waals surface area contributed by atoms with E-state index in [0.717, 1.165) is 46.5 Å².